The summed E-state index contributed by atoms with van der Waals surface area (Å²) in [5.74, 6) is -0.296. The summed E-state index contributed by atoms with van der Waals surface area (Å²) < 4.78 is 29.6. The van der Waals surface area contributed by atoms with Gasteiger partial charge in [-0.25, -0.2) is 8.42 Å². The molecule has 7 nitrogen and oxygen atoms in total. The van der Waals surface area contributed by atoms with Crippen molar-refractivity contribution in [3.8, 4) is 0 Å². The van der Waals surface area contributed by atoms with Gasteiger partial charge < -0.3 is 5.32 Å². The van der Waals surface area contributed by atoms with Crippen LogP contribution in [0.4, 0.5) is 0 Å². The van der Waals surface area contributed by atoms with Crippen LogP contribution in [0, 0.1) is 6.92 Å². The molecule has 0 bridgehead atoms. The summed E-state index contributed by atoms with van der Waals surface area (Å²) in [6.45, 7) is 4.91. The van der Waals surface area contributed by atoms with E-state index >= 15 is 0 Å². The van der Waals surface area contributed by atoms with Crippen molar-refractivity contribution in [2.45, 2.75) is 44.7 Å². The minimum absolute atomic E-state index is 0.133. The lowest BCUT2D eigenvalue weighted by atomic mass is 10.1. The van der Waals surface area contributed by atoms with Gasteiger partial charge in [0.15, 0.2) is 5.69 Å². The smallest absolute Gasteiger partial charge is 0.272 e. The van der Waals surface area contributed by atoms with Crippen molar-refractivity contribution in [2.24, 2.45) is 7.05 Å². The Labute approximate surface area is 189 Å². The standard InChI is InChI=1S/C24H28N4O3S/c1-4-18-8-10-20(11-9-18)32(30,31)28-13-12-22-21(16-28)23(26-27(22)3)24(29)25-15-19-7-5-6-17(2)14-19/h5-11,14H,4,12-13,15-16H2,1-3H3,(H,25,29). The fourth-order valence-electron chi connectivity index (χ4n) is 4.09. The fourth-order valence-corrected chi connectivity index (χ4v) is 5.50. The Morgan fingerprint density at radius 2 is 1.88 bits per heavy atom. The molecule has 1 aliphatic heterocycles. The second-order valence-corrected chi connectivity index (χ2v) is 10.1. The summed E-state index contributed by atoms with van der Waals surface area (Å²) in [5.41, 5.74) is 5.08. The zero-order chi connectivity index (χ0) is 22.9. The molecule has 0 unspecified atom stereocenters. The summed E-state index contributed by atoms with van der Waals surface area (Å²) in [6.07, 6.45) is 1.36. The highest BCUT2D eigenvalue weighted by Crippen LogP contribution is 2.27. The average Bonchev–Trinajstić information content (AvgIpc) is 3.13. The molecule has 0 saturated heterocycles. The molecule has 1 aromatic heterocycles. The Morgan fingerprint density at radius 1 is 1.12 bits per heavy atom. The number of rotatable bonds is 6. The van der Waals surface area contributed by atoms with Crippen LogP contribution < -0.4 is 5.32 Å². The molecule has 0 atom stereocenters. The summed E-state index contributed by atoms with van der Waals surface area (Å²) >= 11 is 0. The molecular weight excluding hydrogens is 424 g/mol. The molecule has 3 aromatic rings. The van der Waals surface area contributed by atoms with Gasteiger partial charge in [0.25, 0.3) is 5.91 Å². The fraction of sp³-hybridized carbons (Fsp3) is 0.333. The number of sulfonamides is 1. The molecule has 168 valence electrons. The van der Waals surface area contributed by atoms with Crippen molar-refractivity contribution in [2.75, 3.05) is 6.54 Å². The molecule has 1 aliphatic rings. The highest BCUT2D eigenvalue weighted by atomic mass is 32.2. The third-order valence-electron chi connectivity index (χ3n) is 5.93. The van der Waals surface area contributed by atoms with Crippen LogP contribution in [0.3, 0.4) is 0 Å². The number of aromatic nitrogens is 2. The van der Waals surface area contributed by atoms with E-state index in [0.29, 0.717) is 25.1 Å². The molecule has 2 heterocycles. The molecule has 0 spiro atoms. The second kappa shape index (κ2) is 8.88. The Kier molecular flexibility index (Phi) is 6.17. The van der Waals surface area contributed by atoms with Gasteiger partial charge in [-0.1, -0.05) is 48.9 Å². The second-order valence-electron chi connectivity index (χ2n) is 8.16. The predicted octanol–water partition coefficient (Wildman–Crippen LogP) is 2.97. The first-order valence-corrected chi connectivity index (χ1v) is 12.2. The van der Waals surface area contributed by atoms with E-state index in [1.165, 1.54) is 4.31 Å². The maximum Gasteiger partial charge on any atom is 0.272 e. The van der Waals surface area contributed by atoms with Crippen LogP contribution >= 0.6 is 0 Å². The normalized spacial score (nSPS) is 14.2. The maximum absolute atomic E-state index is 13.2. The molecule has 1 amide bonds. The van der Waals surface area contributed by atoms with Crippen LogP contribution in [0.2, 0.25) is 0 Å². The van der Waals surface area contributed by atoms with Gasteiger partial charge >= 0.3 is 0 Å². The summed E-state index contributed by atoms with van der Waals surface area (Å²) in [7, 11) is -1.86. The van der Waals surface area contributed by atoms with Crippen molar-refractivity contribution >= 4 is 15.9 Å². The quantitative estimate of drug-likeness (QED) is 0.623. The van der Waals surface area contributed by atoms with Crippen molar-refractivity contribution in [3.63, 3.8) is 0 Å². The number of amides is 1. The van der Waals surface area contributed by atoms with E-state index < -0.39 is 10.0 Å². The minimum Gasteiger partial charge on any atom is -0.347 e. The first kappa shape index (κ1) is 22.2. The van der Waals surface area contributed by atoms with Crippen molar-refractivity contribution in [3.05, 3.63) is 82.2 Å². The predicted molar refractivity (Wildman–Crippen MR) is 123 cm³/mol. The number of carbonyl (C=O) groups is 1. The highest BCUT2D eigenvalue weighted by molar-refractivity contribution is 7.89. The van der Waals surface area contributed by atoms with Gasteiger partial charge in [0.1, 0.15) is 0 Å². The van der Waals surface area contributed by atoms with Crippen LogP contribution in [0.15, 0.2) is 53.4 Å². The number of fused-ring (bicyclic) bond motifs is 1. The summed E-state index contributed by atoms with van der Waals surface area (Å²) in [4.78, 5) is 13.2. The van der Waals surface area contributed by atoms with E-state index in [-0.39, 0.29) is 23.0 Å². The van der Waals surface area contributed by atoms with Gasteiger partial charge in [0.05, 0.1) is 4.90 Å². The minimum atomic E-state index is -3.66. The van der Waals surface area contributed by atoms with E-state index in [1.807, 2.05) is 50.2 Å². The van der Waals surface area contributed by atoms with E-state index in [0.717, 1.165) is 28.8 Å². The van der Waals surface area contributed by atoms with Gasteiger partial charge in [-0.3, -0.25) is 9.48 Å². The zero-order valence-electron chi connectivity index (χ0n) is 18.6. The molecule has 4 rings (SSSR count). The van der Waals surface area contributed by atoms with Gasteiger partial charge in [-0.15, -0.1) is 0 Å². The molecule has 0 radical (unpaired) electrons. The molecule has 0 fully saturated rings. The number of carbonyl (C=O) groups excluding carboxylic acids is 1. The average molecular weight is 453 g/mol. The number of aryl methyl sites for hydroxylation is 3. The Bertz CT molecular complexity index is 1250. The van der Waals surface area contributed by atoms with E-state index in [2.05, 4.69) is 10.4 Å². The monoisotopic (exact) mass is 452 g/mol. The zero-order valence-corrected chi connectivity index (χ0v) is 19.4. The van der Waals surface area contributed by atoms with Gasteiger partial charge in [-0.2, -0.15) is 9.40 Å². The molecule has 0 saturated carbocycles. The largest absolute Gasteiger partial charge is 0.347 e. The first-order chi connectivity index (χ1) is 15.3. The van der Waals surface area contributed by atoms with Crippen LogP contribution in [-0.4, -0.2) is 35.0 Å². The van der Waals surface area contributed by atoms with Crippen molar-refractivity contribution in [1.29, 1.82) is 0 Å². The lowest BCUT2D eigenvalue weighted by Crippen LogP contribution is -2.37. The van der Waals surface area contributed by atoms with Crippen molar-refractivity contribution in [1.82, 2.24) is 19.4 Å². The van der Waals surface area contributed by atoms with Crippen LogP contribution in [0.1, 0.15) is 45.4 Å². The Balaban J connectivity index is 1.55. The molecule has 0 aliphatic carbocycles. The number of nitrogens with zero attached hydrogens (tertiary/aromatic N) is 3. The van der Waals surface area contributed by atoms with Crippen molar-refractivity contribution < 1.29 is 13.2 Å². The third-order valence-corrected chi connectivity index (χ3v) is 7.79. The first-order valence-electron chi connectivity index (χ1n) is 10.8. The molecule has 1 N–H and O–H groups in total. The highest BCUT2D eigenvalue weighted by Gasteiger charge is 2.33. The van der Waals surface area contributed by atoms with Crippen LogP contribution in [0.25, 0.3) is 0 Å². The maximum atomic E-state index is 13.2. The number of nitrogens with one attached hydrogen (secondary N) is 1. The SMILES string of the molecule is CCc1ccc(S(=O)(=O)N2CCc3c(c(C(=O)NCc4cccc(C)c4)nn3C)C2)cc1. The van der Waals surface area contributed by atoms with E-state index in [1.54, 1.807) is 23.9 Å². The summed E-state index contributed by atoms with van der Waals surface area (Å²) in [6, 6.07) is 14.9. The molecule has 8 heteroatoms. The van der Waals surface area contributed by atoms with Gasteiger partial charge in [0, 0.05) is 44.4 Å². The number of hydrogen-bond acceptors (Lipinski definition) is 4. The van der Waals surface area contributed by atoms with Crippen LogP contribution in [-0.2, 0) is 43.0 Å². The Hall–Kier alpha value is -2.97. The van der Waals surface area contributed by atoms with E-state index in [4.69, 9.17) is 0 Å². The lowest BCUT2D eigenvalue weighted by Gasteiger charge is -2.27. The summed E-state index contributed by atoms with van der Waals surface area (Å²) in [5, 5.41) is 7.34. The molecule has 32 heavy (non-hydrogen) atoms. The van der Waals surface area contributed by atoms with E-state index in [9.17, 15) is 13.2 Å². The van der Waals surface area contributed by atoms with Gasteiger partial charge in [-0.05, 0) is 36.6 Å². The van der Waals surface area contributed by atoms with Crippen LogP contribution in [0.5, 0.6) is 0 Å². The molecular formula is C24H28N4O3S. The third kappa shape index (κ3) is 4.33. The van der Waals surface area contributed by atoms with Gasteiger partial charge in [0.2, 0.25) is 10.0 Å². The lowest BCUT2D eigenvalue weighted by molar-refractivity contribution is 0.0943. The topological polar surface area (TPSA) is 84.3 Å². The molecule has 2 aromatic carbocycles. The number of hydrogen-bond donors (Lipinski definition) is 1. The Morgan fingerprint density at radius 3 is 2.56 bits per heavy atom. The number of benzene rings is 2.